The Morgan fingerprint density at radius 3 is 2.80 bits per heavy atom. The summed E-state index contributed by atoms with van der Waals surface area (Å²) in [5.74, 6) is 0.606. The second kappa shape index (κ2) is 5.85. The third kappa shape index (κ3) is 2.97. The number of piperidine rings is 1. The summed E-state index contributed by atoms with van der Waals surface area (Å²) in [6.45, 7) is 3.09. The molecule has 0 atom stereocenters. The van der Waals surface area contributed by atoms with E-state index in [1.807, 2.05) is 0 Å². The predicted molar refractivity (Wildman–Crippen MR) is 77.7 cm³/mol. The second-order valence-corrected chi connectivity index (χ2v) is 5.55. The van der Waals surface area contributed by atoms with Gasteiger partial charge in [0.15, 0.2) is 0 Å². The molecule has 5 heteroatoms. The minimum atomic E-state index is 0.0653. The zero-order valence-corrected chi connectivity index (χ0v) is 11.9. The van der Waals surface area contributed by atoms with Crippen LogP contribution < -0.4 is 0 Å². The minimum Gasteiger partial charge on any atom is -0.506 e. The lowest BCUT2D eigenvalue weighted by Crippen LogP contribution is -2.29. The quantitative estimate of drug-likeness (QED) is 0.937. The highest BCUT2D eigenvalue weighted by Crippen LogP contribution is 2.29. The molecule has 106 valence electrons. The SMILES string of the molecule is Oc1ccc(-c2nc(CN3CCCCC3)co2)cc1Cl. The smallest absolute Gasteiger partial charge is 0.226 e. The molecule has 0 saturated carbocycles. The summed E-state index contributed by atoms with van der Waals surface area (Å²) in [7, 11) is 0. The highest BCUT2D eigenvalue weighted by Gasteiger charge is 2.14. The van der Waals surface area contributed by atoms with Gasteiger partial charge in [0, 0.05) is 12.1 Å². The van der Waals surface area contributed by atoms with Gasteiger partial charge >= 0.3 is 0 Å². The Labute approximate surface area is 123 Å². The van der Waals surface area contributed by atoms with Crippen molar-refractivity contribution in [1.29, 1.82) is 0 Å². The van der Waals surface area contributed by atoms with E-state index in [0.29, 0.717) is 10.9 Å². The number of benzene rings is 1. The molecule has 1 N–H and O–H groups in total. The molecule has 0 spiro atoms. The van der Waals surface area contributed by atoms with E-state index in [1.165, 1.54) is 19.3 Å². The standard InChI is InChI=1S/C15H17ClN2O2/c16-13-8-11(4-5-14(13)19)15-17-12(10-20-15)9-18-6-2-1-3-7-18/h4-5,8,10,19H,1-3,6-7,9H2. The van der Waals surface area contributed by atoms with Gasteiger partial charge in [0.25, 0.3) is 0 Å². The van der Waals surface area contributed by atoms with Crippen molar-refractivity contribution in [3.63, 3.8) is 0 Å². The number of likely N-dealkylation sites (tertiary alicyclic amines) is 1. The largest absolute Gasteiger partial charge is 0.506 e. The molecule has 4 nitrogen and oxygen atoms in total. The lowest BCUT2D eigenvalue weighted by Gasteiger charge is -2.25. The van der Waals surface area contributed by atoms with Gasteiger partial charge in [-0.15, -0.1) is 0 Å². The zero-order valence-electron chi connectivity index (χ0n) is 11.2. The number of hydrogen-bond donors (Lipinski definition) is 1. The molecule has 0 unspecified atom stereocenters. The molecule has 2 aromatic rings. The maximum atomic E-state index is 9.42. The molecule has 1 aliphatic heterocycles. The Balaban J connectivity index is 1.73. The van der Waals surface area contributed by atoms with Gasteiger partial charge in [0.1, 0.15) is 12.0 Å². The Bertz CT molecular complexity index is 591. The number of rotatable bonds is 3. The van der Waals surface area contributed by atoms with Gasteiger partial charge in [-0.2, -0.15) is 0 Å². The maximum absolute atomic E-state index is 9.42. The summed E-state index contributed by atoms with van der Waals surface area (Å²) < 4.78 is 5.51. The summed E-state index contributed by atoms with van der Waals surface area (Å²) in [6.07, 6.45) is 5.55. The first-order valence-corrected chi connectivity index (χ1v) is 7.26. The molecule has 0 aliphatic carbocycles. The number of phenols is 1. The summed E-state index contributed by atoms with van der Waals surface area (Å²) in [6, 6.07) is 4.96. The van der Waals surface area contributed by atoms with Crippen molar-refractivity contribution >= 4 is 11.6 Å². The van der Waals surface area contributed by atoms with E-state index in [4.69, 9.17) is 16.0 Å². The van der Waals surface area contributed by atoms with Crippen molar-refractivity contribution in [1.82, 2.24) is 9.88 Å². The van der Waals surface area contributed by atoms with Gasteiger partial charge < -0.3 is 9.52 Å². The Morgan fingerprint density at radius 1 is 1.25 bits per heavy atom. The molecule has 1 fully saturated rings. The van der Waals surface area contributed by atoms with Gasteiger partial charge in [-0.05, 0) is 44.1 Å². The minimum absolute atomic E-state index is 0.0653. The topological polar surface area (TPSA) is 49.5 Å². The van der Waals surface area contributed by atoms with Crippen LogP contribution >= 0.6 is 11.6 Å². The van der Waals surface area contributed by atoms with Crippen molar-refractivity contribution in [2.24, 2.45) is 0 Å². The molecule has 1 aromatic carbocycles. The van der Waals surface area contributed by atoms with Crippen LogP contribution in [0.2, 0.25) is 5.02 Å². The van der Waals surface area contributed by atoms with Gasteiger partial charge in [0.05, 0.1) is 10.7 Å². The Hall–Kier alpha value is -1.52. The van der Waals surface area contributed by atoms with Crippen LogP contribution in [0.1, 0.15) is 25.0 Å². The lowest BCUT2D eigenvalue weighted by molar-refractivity contribution is 0.218. The fourth-order valence-corrected chi connectivity index (χ4v) is 2.68. The molecule has 3 rings (SSSR count). The molecular weight excluding hydrogens is 276 g/mol. The van der Waals surface area contributed by atoms with Crippen LogP contribution in [0.5, 0.6) is 5.75 Å². The van der Waals surface area contributed by atoms with E-state index in [9.17, 15) is 5.11 Å². The first kappa shape index (κ1) is 13.5. The van der Waals surface area contributed by atoms with E-state index in [0.717, 1.165) is 30.9 Å². The van der Waals surface area contributed by atoms with Crippen LogP contribution in [0, 0.1) is 0 Å². The van der Waals surface area contributed by atoms with Crippen LogP contribution in [0.25, 0.3) is 11.5 Å². The van der Waals surface area contributed by atoms with Crippen molar-refractivity contribution in [2.45, 2.75) is 25.8 Å². The van der Waals surface area contributed by atoms with Crippen LogP contribution in [0.15, 0.2) is 28.9 Å². The normalized spacial score (nSPS) is 16.4. The average molecular weight is 293 g/mol. The summed E-state index contributed by atoms with van der Waals surface area (Å²) in [5.41, 5.74) is 1.71. The molecule has 20 heavy (non-hydrogen) atoms. The highest BCUT2D eigenvalue weighted by atomic mass is 35.5. The summed E-state index contributed by atoms with van der Waals surface area (Å²) in [4.78, 5) is 6.89. The molecule has 0 radical (unpaired) electrons. The van der Waals surface area contributed by atoms with Crippen LogP contribution in [0.3, 0.4) is 0 Å². The van der Waals surface area contributed by atoms with E-state index >= 15 is 0 Å². The number of aromatic hydroxyl groups is 1. The van der Waals surface area contributed by atoms with Crippen LogP contribution in [0.4, 0.5) is 0 Å². The van der Waals surface area contributed by atoms with Crippen molar-refractivity contribution in [2.75, 3.05) is 13.1 Å². The van der Waals surface area contributed by atoms with Gasteiger partial charge in [0.2, 0.25) is 5.89 Å². The molecule has 0 bridgehead atoms. The molecule has 1 saturated heterocycles. The van der Waals surface area contributed by atoms with Crippen molar-refractivity contribution in [3.05, 3.63) is 35.2 Å². The van der Waals surface area contributed by atoms with Crippen molar-refractivity contribution in [3.8, 4) is 17.2 Å². The number of phenolic OH excluding ortho intramolecular Hbond substituents is 1. The summed E-state index contributed by atoms with van der Waals surface area (Å²) in [5, 5.41) is 9.73. The Kier molecular flexibility index (Phi) is 3.94. The molecule has 2 heterocycles. The fraction of sp³-hybridized carbons (Fsp3) is 0.400. The number of oxazole rings is 1. The second-order valence-electron chi connectivity index (χ2n) is 5.15. The van der Waals surface area contributed by atoms with E-state index in [2.05, 4.69) is 9.88 Å². The number of hydrogen-bond acceptors (Lipinski definition) is 4. The number of nitrogens with zero attached hydrogens (tertiary/aromatic N) is 2. The maximum Gasteiger partial charge on any atom is 0.226 e. The van der Waals surface area contributed by atoms with Crippen LogP contribution in [-0.2, 0) is 6.54 Å². The first-order chi connectivity index (χ1) is 9.72. The number of halogens is 1. The van der Waals surface area contributed by atoms with E-state index < -0.39 is 0 Å². The third-order valence-electron chi connectivity index (χ3n) is 3.58. The zero-order chi connectivity index (χ0) is 13.9. The average Bonchev–Trinajstić information content (AvgIpc) is 2.91. The van der Waals surface area contributed by atoms with E-state index in [1.54, 1.807) is 24.5 Å². The molecular formula is C15H17ClN2O2. The Morgan fingerprint density at radius 2 is 2.05 bits per heavy atom. The monoisotopic (exact) mass is 292 g/mol. The lowest BCUT2D eigenvalue weighted by atomic mass is 10.1. The fourth-order valence-electron chi connectivity index (χ4n) is 2.50. The van der Waals surface area contributed by atoms with Crippen molar-refractivity contribution < 1.29 is 9.52 Å². The van der Waals surface area contributed by atoms with Crippen LogP contribution in [-0.4, -0.2) is 28.1 Å². The molecule has 1 aromatic heterocycles. The van der Waals surface area contributed by atoms with Gasteiger partial charge in [-0.3, -0.25) is 4.90 Å². The first-order valence-electron chi connectivity index (χ1n) is 6.88. The molecule has 0 amide bonds. The van der Waals surface area contributed by atoms with Gasteiger partial charge in [-0.1, -0.05) is 18.0 Å². The highest BCUT2D eigenvalue weighted by molar-refractivity contribution is 6.32. The van der Waals surface area contributed by atoms with Gasteiger partial charge in [-0.25, -0.2) is 4.98 Å². The predicted octanol–water partition coefficient (Wildman–Crippen LogP) is 3.69. The molecule has 1 aliphatic rings. The third-order valence-corrected chi connectivity index (χ3v) is 3.88. The van der Waals surface area contributed by atoms with E-state index in [-0.39, 0.29) is 5.75 Å². The summed E-state index contributed by atoms with van der Waals surface area (Å²) >= 11 is 5.90. The number of aromatic nitrogens is 1.